The van der Waals surface area contributed by atoms with Gasteiger partial charge in [0.1, 0.15) is 5.69 Å². The van der Waals surface area contributed by atoms with Gasteiger partial charge in [-0.05, 0) is 19.1 Å². The number of aromatic nitrogens is 3. The number of hydrogen-bond donors (Lipinski definition) is 1. The molecule has 1 N–H and O–H groups in total. The first-order valence-corrected chi connectivity index (χ1v) is 6.07. The maximum absolute atomic E-state index is 12.1. The molecule has 2 rings (SSSR count). The first-order valence-electron chi connectivity index (χ1n) is 5.69. The van der Waals surface area contributed by atoms with Gasteiger partial charge in [0.2, 0.25) is 0 Å². The molecule has 100 valence electrons. The molecule has 0 radical (unpaired) electrons. The number of benzene rings is 1. The summed E-state index contributed by atoms with van der Waals surface area (Å²) in [5, 5.41) is 10.7. The number of amides is 1. The Hall–Kier alpha value is -2.08. The SMILES string of the molecule is CCn1nncc1C(=O)Nc1cccc(Cl)c1OC. The Kier molecular flexibility index (Phi) is 4.01. The van der Waals surface area contributed by atoms with Crippen molar-refractivity contribution < 1.29 is 9.53 Å². The van der Waals surface area contributed by atoms with Crippen molar-refractivity contribution in [2.75, 3.05) is 12.4 Å². The van der Waals surface area contributed by atoms with Crippen LogP contribution in [-0.2, 0) is 6.54 Å². The molecule has 19 heavy (non-hydrogen) atoms. The second kappa shape index (κ2) is 5.71. The van der Waals surface area contributed by atoms with Crippen LogP contribution in [0, 0.1) is 0 Å². The maximum atomic E-state index is 12.1. The highest BCUT2D eigenvalue weighted by Crippen LogP contribution is 2.32. The van der Waals surface area contributed by atoms with E-state index >= 15 is 0 Å². The van der Waals surface area contributed by atoms with Crippen LogP contribution < -0.4 is 10.1 Å². The van der Waals surface area contributed by atoms with Gasteiger partial charge in [-0.15, -0.1) is 5.10 Å². The zero-order valence-corrected chi connectivity index (χ0v) is 11.3. The lowest BCUT2D eigenvalue weighted by molar-refractivity contribution is 0.101. The zero-order valence-electron chi connectivity index (χ0n) is 10.6. The minimum atomic E-state index is -0.313. The van der Waals surface area contributed by atoms with E-state index in [0.29, 0.717) is 28.7 Å². The summed E-state index contributed by atoms with van der Waals surface area (Å²) in [6.45, 7) is 2.45. The fourth-order valence-corrected chi connectivity index (χ4v) is 1.92. The predicted octanol–water partition coefficient (Wildman–Crippen LogP) is 2.21. The van der Waals surface area contributed by atoms with Crippen LogP contribution in [0.3, 0.4) is 0 Å². The van der Waals surface area contributed by atoms with Crippen LogP contribution in [0.4, 0.5) is 5.69 Å². The first-order chi connectivity index (χ1) is 9.17. The van der Waals surface area contributed by atoms with Crippen LogP contribution in [0.1, 0.15) is 17.4 Å². The molecule has 0 spiro atoms. The van der Waals surface area contributed by atoms with E-state index in [9.17, 15) is 4.79 Å². The zero-order chi connectivity index (χ0) is 13.8. The fourth-order valence-electron chi connectivity index (χ4n) is 1.67. The van der Waals surface area contributed by atoms with E-state index in [0.717, 1.165) is 0 Å². The number of ether oxygens (including phenoxy) is 1. The fraction of sp³-hybridized carbons (Fsp3) is 0.250. The van der Waals surface area contributed by atoms with E-state index in [1.54, 1.807) is 18.2 Å². The highest BCUT2D eigenvalue weighted by Gasteiger charge is 2.15. The van der Waals surface area contributed by atoms with Crippen molar-refractivity contribution in [2.24, 2.45) is 0 Å². The summed E-state index contributed by atoms with van der Waals surface area (Å²) >= 11 is 5.99. The summed E-state index contributed by atoms with van der Waals surface area (Å²) in [7, 11) is 1.49. The minimum absolute atomic E-state index is 0.313. The van der Waals surface area contributed by atoms with E-state index in [4.69, 9.17) is 16.3 Å². The van der Waals surface area contributed by atoms with Gasteiger partial charge in [0, 0.05) is 6.54 Å². The predicted molar refractivity (Wildman–Crippen MR) is 71.7 cm³/mol. The monoisotopic (exact) mass is 280 g/mol. The number of methoxy groups -OCH3 is 1. The Morgan fingerprint density at radius 2 is 2.32 bits per heavy atom. The van der Waals surface area contributed by atoms with Gasteiger partial charge in [0.25, 0.3) is 5.91 Å². The number of nitrogens with zero attached hydrogens (tertiary/aromatic N) is 3. The highest BCUT2D eigenvalue weighted by molar-refractivity contribution is 6.32. The number of carbonyl (C=O) groups excluding carboxylic acids is 1. The van der Waals surface area contributed by atoms with Gasteiger partial charge in [-0.25, -0.2) is 4.68 Å². The van der Waals surface area contributed by atoms with Gasteiger partial charge in [0.05, 0.1) is 24.0 Å². The van der Waals surface area contributed by atoms with Gasteiger partial charge in [-0.3, -0.25) is 4.79 Å². The van der Waals surface area contributed by atoms with Gasteiger partial charge in [0.15, 0.2) is 5.75 Å². The van der Waals surface area contributed by atoms with Crippen molar-refractivity contribution in [1.82, 2.24) is 15.0 Å². The lowest BCUT2D eigenvalue weighted by Gasteiger charge is -2.11. The van der Waals surface area contributed by atoms with Gasteiger partial charge >= 0.3 is 0 Å². The third kappa shape index (κ3) is 2.68. The molecule has 1 aromatic heterocycles. The Morgan fingerprint density at radius 3 is 3.00 bits per heavy atom. The topological polar surface area (TPSA) is 69.0 Å². The average molecular weight is 281 g/mol. The molecule has 0 aliphatic rings. The Morgan fingerprint density at radius 1 is 1.53 bits per heavy atom. The second-order valence-corrected chi connectivity index (χ2v) is 4.12. The van der Waals surface area contributed by atoms with E-state index in [1.165, 1.54) is 18.0 Å². The van der Waals surface area contributed by atoms with E-state index in [2.05, 4.69) is 15.6 Å². The third-order valence-electron chi connectivity index (χ3n) is 2.57. The molecule has 7 heteroatoms. The molecule has 0 atom stereocenters. The largest absolute Gasteiger partial charge is 0.493 e. The maximum Gasteiger partial charge on any atom is 0.275 e. The molecule has 0 unspecified atom stereocenters. The second-order valence-electron chi connectivity index (χ2n) is 3.71. The van der Waals surface area contributed by atoms with Crippen LogP contribution in [-0.4, -0.2) is 28.0 Å². The summed E-state index contributed by atoms with van der Waals surface area (Å²) in [4.78, 5) is 12.1. The molecule has 0 saturated carbocycles. The molecule has 0 fully saturated rings. The van der Waals surface area contributed by atoms with Crippen molar-refractivity contribution in [3.63, 3.8) is 0 Å². The normalized spacial score (nSPS) is 10.3. The summed E-state index contributed by atoms with van der Waals surface area (Å²) in [6, 6.07) is 5.13. The summed E-state index contributed by atoms with van der Waals surface area (Å²) in [5.41, 5.74) is 0.883. The number of nitrogens with one attached hydrogen (secondary N) is 1. The van der Waals surface area contributed by atoms with Crippen molar-refractivity contribution in [3.8, 4) is 5.75 Å². The molecular weight excluding hydrogens is 268 g/mol. The standard InChI is InChI=1S/C12H13ClN4O2/c1-3-17-10(7-14-16-17)12(18)15-9-6-4-5-8(13)11(9)19-2/h4-7H,3H2,1-2H3,(H,15,18). The quantitative estimate of drug-likeness (QED) is 0.932. The number of aryl methyl sites for hydroxylation is 1. The highest BCUT2D eigenvalue weighted by atomic mass is 35.5. The minimum Gasteiger partial charge on any atom is -0.493 e. The molecular formula is C12H13ClN4O2. The van der Waals surface area contributed by atoms with Gasteiger partial charge < -0.3 is 10.1 Å². The molecule has 2 aromatic rings. The number of anilines is 1. The van der Waals surface area contributed by atoms with Crippen LogP contribution in [0.2, 0.25) is 5.02 Å². The smallest absolute Gasteiger partial charge is 0.275 e. The number of hydrogen-bond acceptors (Lipinski definition) is 4. The molecule has 1 aromatic carbocycles. The Labute approximate surface area is 115 Å². The molecule has 1 heterocycles. The molecule has 0 bridgehead atoms. The van der Waals surface area contributed by atoms with Crippen LogP contribution in [0.25, 0.3) is 0 Å². The summed E-state index contributed by atoms with van der Waals surface area (Å²) in [6.07, 6.45) is 1.41. The van der Waals surface area contributed by atoms with Crippen molar-refractivity contribution in [3.05, 3.63) is 35.1 Å². The Balaban J connectivity index is 2.27. The lowest BCUT2D eigenvalue weighted by Crippen LogP contribution is -2.17. The first kappa shape index (κ1) is 13.4. The number of halogens is 1. The molecule has 0 saturated heterocycles. The van der Waals surface area contributed by atoms with Crippen molar-refractivity contribution in [2.45, 2.75) is 13.5 Å². The Bertz CT molecular complexity index is 597. The van der Waals surface area contributed by atoms with Crippen LogP contribution in [0.15, 0.2) is 24.4 Å². The molecule has 6 nitrogen and oxygen atoms in total. The van der Waals surface area contributed by atoms with E-state index < -0.39 is 0 Å². The van der Waals surface area contributed by atoms with Gasteiger partial charge in [-0.1, -0.05) is 22.9 Å². The van der Waals surface area contributed by atoms with E-state index in [1.807, 2.05) is 6.92 Å². The van der Waals surface area contributed by atoms with Crippen molar-refractivity contribution >= 4 is 23.2 Å². The van der Waals surface area contributed by atoms with Crippen molar-refractivity contribution in [1.29, 1.82) is 0 Å². The number of para-hydroxylation sites is 1. The third-order valence-corrected chi connectivity index (χ3v) is 2.87. The number of carbonyl (C=O) groups is 1. The lowest BCUT2D eigenvalue weighted by atomic mass is 10.2. The van der Waals surface area contributed by atoms with Gasteiger partial charge in [-0.2, -0.15) is 0 Å². The van der Waals surface area contributed by atoms with E-state index in [-0.39, 0.29) is 5.91 Å². The van der Waals surface area contributed by atoms with Crippen LogP contribution >= 0.6 is 11.6 Å². The van der Waals surface area contributed by atoms with Crippen LogP contribution in [0.5, 0.6) is 5.75 Å². The summed E-state index contributed by atoms with van der Waals surface area (Å²) < 4.78 is 6.67. The average Bonchev–Trinajstić information content (AvgIpc) is 2.87. The number of rotatable bonds is 4. The molecule has 1 amide bonds. The molecule has 0 aliphatic carbocycles. The summed E-state index contributed by atoms with van der Waals surface area (Å²) in [5.74, 6) is 0.112. The molecule has 0 aliphatic heterocycles.